The van der Waals surface area contributed by atoms with Crippen LogP contribution >= 0.6 is 23.5 Å². The lowest BCUT2D eigenvalue weighted by molar-refractivity contribution is -0.127. The highest BCUT2D eigenvalue weighted by molar-refractivity contribution is 8.00. The van der Waals surface area contributed by atoms with E-state index in [-0.39, 0.29) is 18.2 Å². The molecule has 1 aliphatic heterocycles. The summed E-state index contributed by atoms with van der Waals surface area (Å²) in [5.74, 6) is 0.0301. The molecular weight excluding hydrogens is 595 g/mol. The Balaban J connectivity index is 1.56. The van der Waals surface area contributed by atoms with Gasteiger partial charge in [0.1, 0.15) is 6.04 Å². The number of primary amides is 1. The van der Waals surface area contributed by atoms with Crippen molar-refractivity contribution in [3.63, 3.8) is 0 Å². The van der Waals surface area contributed by atoms with Gasteiger partial charge in [0.15, 0.2) is 0 Å². The Kier molecular flexibility index (Phi) is 11.4. The van der Waals surface area contributed by atoms with Gasteiger partial charge in [0.05, 0.1) is 18.3 Å². The SMILES string of the molecule is CSc1ccc2c(c1)SC[C@@H](NC(=O)CC(C)(C)NC[C@@H](C)O)C(=O)N2Cc1ccc(-c2ccccc2CNC(N)=O)cc1. The number of anilines is 1. The molecule has 0 radical (unpaired) electrons. The van der Waals surface area contributed by atoms with E-state index in [9.17, 15) is 19.5 Å². The summed E-state index contributed by atoms with van der Waals surface area (Å²) in [4.78, 5) is 42.3. The molecule has 0 aliphatic carbocycles. The first kappa shape index (κ1) is 33.4. The van der Waals surface area contributed by atoms with Crippen molar-refractivity contribution in [1.29, 1.82) is 0 Å². The van der Waals surface area contributed by atoms with Gasteiger partial charge in [-0.15, -0.1) is 23.5 Å². The molecule has 44 heavy (non-hydrogen) atoms. The molecule has 4 rings (SSSR count). The van der Waals surface area contributed by atoms with E-state index >= 15 is 0 Å². The quantitative estimate of drug-likeness (QED) is 0.185. The number of nitrogens with one attached hydrogen (secondary N) is 3. The Morgan fingerprint density at radius 3 is 2.55 bits per heavy atom. The largest absolute Gasteiger partial charge is 0.392 e. The number of carbonyl (C=O) groups excluding carboxylic acids is 3. The van der Waals surface area contributed by atoms with E-state index < -0.39 is 23.7 Å². The molecule has 3 aromatic carbocycles. The van der Waals surface area contributed by atoms with Crippen LogP contribution in [0.25, 0.3) is 11.1 Å². The first-order valence-corrected chi connectivity index (χ1v) is 16.7. The van der Waals surface area contributed by atoms with E-state index in [1.165, 1.54) is 0 Å². The van der Waals surface area contributed by atoms with E-state index in [2.05, 4.69) is 22.0 Å². The summed E-state index contributed by atoms with van der Waals surface area (Å²) < 4.78 is 0. The molecule has 0 saturated carbocycles. The summed E-state index contributed by atoms with van der Waals surface area (Å²) in [6.07, 6.45) is 1.65. The van der Waals surface area contributed by atoms with Gasteiger partial charge in [-0.2, -0.15) is 0 Å². The summed E-state index contributed by atoms with van der Waals surface area (Å²) >= 11 is 3.21. The van der Waals surface area contributed by atoms with Gasteiger partial charge in [-0.05, 0) is 67.5 Å². The molecule has 9 nitrogen and oxygen atoms in total. The molecule has 0 unspecified atom stereocenters. The number of aliphatic hydroxyl groups excluding tert-OH is 1. The number of benzene rings is 3. The molecule has 2 atom stereocenters. The van der Waals surface area contributed by atoms with Crippen molar-refractivity contribution in [2.24, 2.45) is 5.73 Å². The van der Waals surface area contributed by atoms with E-state index in [0.29, 0.717) is 25.4 Å². The topological polar surface area (TPSA) is 137 Å². The summed E-state index contributed by atoms with van der Waals surface area (Å²) in [6, 6.07) is 20.6. The van der Waals surface area contributed by atoms with Crippen molar-refractivity contribution in [3.05, 3.63) is 77.9 Å². The molecule has 0 aromatic heterocycles. The Morgan fingerprint density at radius 1 is 1.14 bits per heavy atom. The minimum atomic E-state index is -0.700. The highest BCUT2D eigenvalue weighted by Gasteiger charge is 2.33. The number of rotatable bonds is 12. The van der Waals surface area contributed by atoms with E-state index in [1.54, 1.807) is 35.3 Å². The van der Waals surface area contributed by atoms with Crippen molar-refractivity contribution in [2.75, 3.05) is 23.5 Å². The second-order valence-corrected chi connectivity index (χ2v) is 13.5. The lowest BCUT2D eigenvalue weighted by Gasteiger charge is -2.29. The van der Waals surface area contributed by atoms with Crippen LogP contribution in [0.2, 0.25) is 0 Å². The zero-order valence-electron chi connectivity index (χ0n) is 25.6. The van der Waals surface area contributed by atoms with Crippen molar-refractivity contribution in [2.45, 2.75) is 67.8 Å². The maximum atomic E-state index is 14.0. The van der Waals surface area contributed by atoms with Crippen LogP contribution < -0.4 is 26.6 Å². The van der Waals surface area contributed by atoms with Crippen molar-refractivity contribution < 1.29 is 19.5 Å². The van der Waals surface area contributed by atoms with Crippen LogP contribution in [-0.4, -0.2) is 59.2 Å². The number of hydrogen-bond donors (Lipinski definition) is 5. The number of aliphatic hydroxyl groups is 1. The number of β-amino-alcohol motifs (C(OH)–C–C–N with tert-alkyl or cyclic N) is 1. The molecule has 1 aliphatic rings. The zero-order valence-corrected chi connectivity index (χ0v) is 27.2. The molecule has 234 valence electrons. The standard InChI is InChI=1S/C33H41N5O4S2/c1-21(39)17-36-33(2,3)16-30(40)37-27-20-44-29-15-25(43-4)13-14-28(29)38(31(27)41)19-22-9-11-23(12-10-22)26-8-6-5-7-24(26)18-35-32(34)42/h5-15,21,27,36,39H,16-20H2,1-4H3,(H,37,40)(H3,34,35,42)/t21-,27-/m1/s1. The van der Waals surface area contributed by atoms with Crippen LogP contribution in [0.1, 0.15) is 38.3 Å². The predicted octanol–water partition coefficient (Wildman–Crippen LogP) is 4.51. The third-order valence-electron chi connectivity index (χ3n) is 7.32. The van der Waals surface area contributed by atoms with E-state index in [1.807, 2.05) is 80.8 Å². The lowest BCUT2D eigenvalue weighted by atomic mass is 9.98. The molecule has 0 saturated heterocycles. The maximum Gasteiger partial charge on any atom is 0.312 e. The van der Waals surface area contributed by atoms with Crippen molar-refractivity contribution in [1.82, 2.24) is 16.0 Å². The molecule has 4 amide bonds. The smallest absolute Gasteiger partial charge is 0.312 e. The lowest BCUT2D eigenvalue weighted by Crippen LogP contribution is -2.52. The van der Waals surface area contributed by atoms with Crippen LogP contribution in [0, 0.1) is 0 Å². The van der Waals surface area contributed by atoms with Crippen LogP contribution in [0.3, 0.4) is 0 Å². The Bertz CT molecular complexity index is 1480. The first-order valence-electron chi connectivity index (χ1n) is 14.5. The molecule has 0 fully saturated rings. The molecule has 1 heterocycles. The number of amides is 4. The third kappa shape index (κ3) is 9.01. The molecule has 3 aromatic rings. The number of thioether (sulfide) groups is 2. The number of fused-ring (bicyclic) bond motifs is 1. The minimum Gasteiger partial charge on any atom is -0.392 e. The van der Waals surface area contributed by atoms with E-state index in [0.717, 1.165) is 37.7 Å². The summed E-state index contributed by atoms with van der Waals surface area (Å²) in [5, 5.41) is 18.5. The summed E-state index contributed by atoms with van der Waals surface area (Å²) in [5.41, 5.74) is 9.40. The fourth-order valence-electron chi connectivity index (χ4n) is 5.02. The van der Waals surface area contributed by atoms with Gasteiger partial charge in [0.25, 0.3) is 5.91 Å². The van der Waals surface area contributed by atoms with Crippen LogP contribution in [0.5, 0.6) is 0 Å². The van der Waals surface area contributed by atoms with Gasteiger partial charge in [-0.1, -0.05) is 48.5 Å². The fourth-order valence-corrected chi connectivity index (χ4v) is 6.64. The first-order chi connectivity index (χ1) is 21.0. The highest BCUT2D eigenvalue weighted by atomic mass is 32.2. The minimum absolute atomic E-state index is 0.162. The summed E-state index contributed by atoms with van der Waals surface area (Å²) in [7, 11) is 0. The normalized spacial score (nSPS) is 15.7. The van der Waals surface area contributed by atoms with Gasteiger partial charge in [-0.3, -0.25) is 9.59 Å². The maximum absolute atomic E-state index is 14.0. The third-order valence-corrected chi connectivity index (χ3v) is 9.18. The molecule has 6 N–H and O–H groups in total. The van der Waals surface area contributed by atoms with Crippen molar-refractivity contribution in [3.8, 4) is 11.1 Å². The number of carbonyl (C=O) groups is 3. The van der Waals surface area contributed by atoms with Crippen molar-refractivity contribution >= 4 is 47.1 Å². The molecule has 0 bridgehead atoms. The van der Waals surface area contributed by atoms with Gasteiger partial charge in [0, 0.05) is 40.6 Å². The van der Waals surface area contributed by atoms with Crippen LogP contribution in [-0.2, 0) is 22.7 Å². The molecule has 11 heteroatoms. The monoisotopic (exact) mass is 635 g/mol. The Labute approximate surface area is 267 Å². The number of nitrogens with zero attached hydrogens (tertiary/aromatic N) is 1. The predicted molar refractivity (Wildman–Crippen MR) is 179 cm³/mol. The molecular formula is C33H41N5O4S2. The van der Waals surface area contributed by atoms with Crippen LogP contribution in [0.4, 0.5) is 10.5 Å². The number of hydrogen-bond acceptors (Lipinski definition) is 7. The Hall–Kier alpha value is -3.51. The fraction of sp³-hybridized carbons (Fsp3) is 0.364. The van der Waals surface area contributed by atoms with Gasteiger partial charge in [-0.25, -0.2) is 4.79 Å². The van der Waals surface area contributed by atoms with Crippen LogP contribution in [0.15, 0.2) is 76.5 Å². The summed E-state index contributed by atoms with van der Waals surface area (Å²) in [6.45, 7) is 6.53. The second-order valence-electron chi connectivity index (χ2n) is 11.6. The zero-order chi connectivity index (χ0) is 31.9. The average molecular weight is 636 g/mol. The average Bonchev–Trinajstić information content (AvgIpc) is 3.11. The molecule has 0 spiro atoms. The highest BCUT2D eigenvalue weighted by Crippen LogP contribution is 2.38. The van der Waals surface area contributed by atoms with Gasteiger partial charge < -0.3 is 31.7 Å². The van der Waals surface area contributed by atoms with E-state index in [4.69, 9.17) is 5.73 Å². The number of nitrogens with two attached hydrogens (primary N) is 1. The number of urea groups is 1. The second kappa shape index (κ2) is 15.0. The van der Waals surface area contributed by atoms with Gasteiger partial charge in [0.2, 0.25) is 5.91 Å². The van der Waals surface area contributed by atoms with Gasteiger partial charge >= 0.3 is 6.03 Å². The Morgan fingerprint density at radius 2 is 1.86 bits per heavy atom.